The summed E-state index contributed by atoms with van der Waals surface area (Å²) in [6.07, 6.45) is 3.62. The zero-order valence-corrected chi connectivity index (χ0v) is 21.5. The van der Waals surface area contributed by atoms with Crippen molar-refractivity contribution in [2.24, 2.45) is 4.99 Å². The zero-order chi connectivity index (χ0) is 27.2. The average molecular weight is 553 g/mol. The number of halogens is 2. The number of H-pyrrole nitrogens is 1. The SMILES string of the molecule is C=CC(=O)Nc1cccc(C(=O)N2CCC/C(=N/C(=O)c3n[nH]cc3NC(=O)c3c(Cl)cccc3Cl)C2)c1. The molecule has 194 valence electrons. The predicted octanol–water partition coefficient (Wildman–Crippen LogP) is 4.61. The maximum absolute atomic E-state index is 13.1. The minimum atomic E-state index is -0.676. The van der Waals surface area contributed by atoms with Gasteiger partial charge >= 0.3 is 0 Å². The number of carbonyl (C=O) groups excluding carboxylic acids is 4. The van der Waals surface area contributed by atoms with Crippen LogP contribution in [0.25, 0.3) is 0 Å². The van der Waals surface area contributed by atoms with Gasteiger partial charge in [0.25, 0.3) is 17.7 Å². The molecular formula is C26H22Cl2N6O4. The van der Waals surface area contributed by atoms with Gasteiger partial charge in [0.1, 0.15) is 0 Å². The number of likely N-dealkylation sites (tertiary alicyclic amines) is 1. The minimum absolute atomic E-state index is 0.0660. The fourth-order valence-corrected chi connectivity index (χ4v) is 4.44. The summed E-state index contributed by atoms with van der Waals surface area (Å²) in [6, 6.07) is 11.2. The normalized spacial score (nSPS) is 14.2. The molecule has 0 spiro atoms. The van der Waals surface area contributed by atoms with Crippen LogP contribution in [0.1, 0.15) is 44.0 Å². The topological polar surface area (TPSA) is 137 Å². The molecule has 3 aromatic rings. The van der Waals surface area contributed by atoms with E-state index in [1.807, 2.05) is 0 Å². The molecular weight excluding hydrogens is 531 g/mol. The van der Waals surface area contributed by atoms with Crippen LogP contribution in [-0.4, -0.2) is 57.5 Å². The van der Waals surface area contributed by atoms with Crippen molar-refractivity contribution < 1.29 is 19.2 Å². The van der Waals surface area contributed by atoms with Gasteiger partial charge in [-0.15, -0.1) is 0 Å². The highest BCUT2D eigenvalue weighted by Crippen LogP contribution is 2.26. The number of nitrogens with zero attached hydrogens (tertiary/aromatic N) is 3. The van der Waals surface area contributed by atoms with E-state index < -0.39 is 11.8 Å². The molecule has 0 bridgehead atoms. The van der Waals surface area contributed by atoms with Gasteiger partial charge in [-0.05, 0) is 49.2 Å². The van der Waals surface area contributed by atoms with Crippen LogP contribution in [-0.2, 0) is 4.79 Å². The van der Waals surface area contributed by atoms with E-state index in [0.29, 0.717) is 36.3 Å². The van der Waals surface area contributed by atoms with E-state index in [0.717, 1.165) is 6.08 Å². The molecule has 2 aromatic carbocycles. The van der Waals surface area contributed by atoms with Gasteiger partial charge in [-0.3, -0.25) is 24.3 Å². The number of aliphatic imine (C=N–C) groups is 1. The molecule has 4 rings (SSSR count). The van der Waals surface area contributed by atoms with E-state index in [9.17, 15) is 19.2 Å². The Balaban J connectivity index is 1.46. The smallest absolute Gasteiger partial charge is 0.299 e. The van der Waals surface area contributed by atoms with E-state index in [1.165, 1.54) is 18.3 Å². The van der Waals surface area contributed by atoms with Gasteiger partial charge in [0, 0.05) is 29.7 Å². The molecule has 1 saturated heterocycles. The number of amides is 4. The second-order valence-corrected chi connectivity index (χ2v) is 9.10. The Morgan fingerprint density at radius 3 is 2.55 bits per heavy atom. The molecule has 4 amide bonds. The first-order valence-corrected chi connectivity index (χ1v) is 12.2. The van der Waals surface area contributed by atoms with Crippen LogP contribution in [0.2, 0.25) is 10.0 Å². The monoisotopic (exact) mass is 552 g/mol. The first-order valence-electron chi connectivity index (χ1n) is 11.5. The van der Waals surface area contributed by atoms with Crippen molar-refractivity contribution in [3.8, 4) is 0 Å². The number of anilines is 2. The van der Waals surface area contributed by atoms with Crippen molar-refractivity contribution in [1.82, 2.24) is 15.1 Å². The minimum Gasteiger partial charge on any atom is -0.333 e. The van der Waals surface area contributed by atoms with E-state index in [2.05, 4.69) is 32.4 Å². The summed E-state index contributed by atoms with van der Waals surface area (Å²) >= 11 is 12.2. The highest BCUT2D eigenvalue weighted by Gasteiger charge is 2.25. The molecule has 0 saturated carbocycles. The van der Waals surface area contributed by atoms with Gasteiger partial charge in [0.05, 0.1) is 27.8 Å². The Hall–Kier alpha value is -4.28. The van der Waals surface area contributed by atoms with Crippen LogP contribution in [0.15, 0.2) is 66.3 Å². The molecule has 1 aromatic heterocycles. The van der Waals surface area contributed by atoms with Gasteiger partial charge < -0.3 is 15.5 Å². The molecule has 1 fully saturated rings. The zero-order valence-electron chi connectivity index (χ0n) is 20.0. The number of benzene rings is 2. The Morgan fingerprint density at radius 1 is 1.08 bits per heavy atom. The fourth-order valence-electron chi connectivity index (χ4n) is 3.87. The Bertz CT molecular complexity index is 1450. The molecule has 0 aliphatic carbocycles. The summed E-state index contributed by atoms with van der Waals surface area (Å²) in [5.74, 6) is -1.93. The number of aromatic nitrogens is 2. The number of carbonyl (C=O) groups is 4. The number of piperidine rings is 1. The van der Waals surface area contributed by atoms with Gasteiger partial charge in [-0.25, -0.2) is 4.99 Å². The third-order valence-corrected chi connectivity index (χ3v) is 6.29. The standard InChI is InChI=1S/C26H22Cl2N6O4/c1-2-21(35)30-16-7-3-6-15(12-16)26(38)34-11-5-8-17(14-34)31-25(37)23-20(13-29-33-23)32-24(36)22-18(27)9-4-10-19(22)28/h2-4,6-7,9-10,12-13H,1,5,8,11,14H2,(H,29,33)(H,30,35)(H,32,36)/b31-17-. The Kier molecular flexibility index (Phi) is 8.35. The molecule has 10 nitrogen and oxygen atoms in total. The number of nitrogens with one attached hydrogen (secondary N) is 3. The molecule has 12 heteroatoms. The second-order valence-electron chi connectivity index (χ2n) is 8.29. The molecule has 0 unspecified atom stereocenters. The summed E-state index contributed by atoms with van der Waals surface area (Å²) in [5.41, 5.74) is 1.44. The van der Waals surface area contributed by atoms with Crippen LogP contribution in [0.5, 0.6) is 0 Å². The van der Waals surface area contributed by atoms with Gasteiger partial charge in [-0.1, -0.05) is 41.9 Å². The summed E-state index contributed by atoms with van der Waals surface area (Å²) in [6.45, 7) is 4.04. The number of hydrogen-bond donors (Lipinski definition) is 3. The largest absolute Gasteiger partial charge is 0.333 e. The van der Waals surface area contributed by atoms with Gasteiger partial charge in [-0.2, -0.15) is 5.10 Å². The maximum Gasteiger partial charge on any atom is 0.299 e. The lowest BCUT2D eigenvalue weighted by Gasteiger charge is -2.28. The molecule has 0 atom stereocenters. The lowest BCUT2D eigenvalue weighted by atomic mass is 10.1. The molecule has 2 heterocycles. The number of aromatic amines is 1. The summed E-state index contributed by atoms with van der Waals surface area (Å²) in [4.78, 5) is 56.1. The first-order chi connectivity index (χ1) is 18.3. The predicted molar refractivity (Wildman–Crippen MR) is 145 cm³/mol. The van der Waals surface area contributed by atoms with Gasteiger partial charge in [0.15, 0.2) is 5.69 Å². The Labute approximate surface area is 227 Å². The highest BCUT2D eigenvalue weighted by atomic mass is 35.5. The van der Waals surface area contributed by atoms with Gasteiger partial charge in [0.2, 0.25) is 5.91 Å². The number of hydrogen-bond acceptors (Lipinski definition) is 5. The van der Waals surface area contributed by atoms with Crippen molar-refractivity contribution in [3.63, 3.8) is 0 Å². The molecule has 1 aliphatic rings. The third-order valence-electron chi connectivity index (χ3n) is 5.66. The quantitative estimate of drug-likeness (QED) is 0.383. The second kappa shape index (κ2) is 11.8. The number of rotatable bonds is 6. The van der Waals surface area contributed by atoms with Crippen LogP contribution in [0, 0.1) is 0 Å². The maximum atomic E-state index is 13.1. The van der Waals surface area contributed by atoms with Crippen LogP contribution in [0.4, 0.5) is 11.4 Å². The molecule has 1 aliphatic heterocycles. The van der Waals surface area contributed by atoms with Crippen molar-refractivity contribution in [3.05, 3.63) is 88.2 Å². The van der Waals surface area contributed by atoms with Crippen molar-refractivity contribution in [2.45, 2.75) is 12.8 Å². The van der Waals surface area contributed by atoms with E-state index in [4.69, 9.17) is 23.2 Å². The molecule has 3 N–H and O–H groups in total. The van der Waals surface area contributed by atoms with Crippen LogP contribution >= 0.6 is 23.2 Å². The lowest BCUT2D eigenvalue weighted by Crippen LogP contribution is -2.40. The summed E-state index contributed by atoms with van der Waals surface area (Å²) < 4.78 is 0. The molecule has 38 heavy (non-hydrogen) atoms. The van der Waals surface area contributed by atoms with Crippen molar-refractivity contribution in [1.29, 1.82) is 0 Å². The van der Waals surface area contributed by atoms with E-state index >= 15 is 0 Å². The van der Waals surface area contributed by atoms with Crippen molar-refractivity contribution in [2.75, 3.05) is 23.7 Å². The van der Waals surface area contributed by atoms with Crippen molar-refractivity contribution >= 4 is 63.9 Å². The summed E-state index contributed by atoms with van der Waals surface area (Å²) in [7, 11) is 0. The first kappa shape index (κ1) is 26.8. The highest BCUT2D eigenvalue weighted by molar-refractivity contribution is 6.40. The summed E-state index contributed by atoms with van der Waals surface area (Å²) in [5, 5.41) is 12.0. The van der Waals surface area contributed by atoms with Crippen LogP contribution < -0.4 is 10.6 Å². The average Bonchev–Trinajstić information content (AvgIpc) is 3.36. The third kappa shape index (κ3) is 6.16. The van der Waals surface area contributed by atoms with Crippen LogP contribution in [0.3, 0.4) is 0 Å². The van der Waals surface area contributed by atoms with E-state index in [-0.39, 0.29) is 45.3 Å². The fraction of sp³-hybridized carbons (Fsp3) is 0.154. The Morgan fingerprint density at radius 2 is 1.82 bits per heavy atom. The van der Waals surface area contributed by atoms with E-state index in [1.54, 1.807) is 35.2 Å². The lowest BCUT2D eigenvalue weighted by molar-refractivity contribution is -0.111. The molecule has 0 radical (unpaired) electrons.